The van der Waals surface area contributed by atoms with Crippen molar-refractivity contribution < 1.29 is 13.9 Å². The van der Waals surface area contributed by atoms with Gasteiger partial charge >= 0.3 is 0 Å². The van der Waals surface area contributed by atoms with E-state index in [9.17, 15) is 4.79 Å². The minimum atomic E-state index is -0.837. The molecule has 0 aliphatic rings. The molecule has 3 aromatic carbocycles. The first-order valence-corrected chi connectivity index (χ1v) is 12.1. The Morgan fingerprint density at radius 1 is 1.03 bits per heavy atom. The third-order valence-corrected chi connectivity index (χ3v) is 6.01. The number of aromatic nitrogens is 1. The van der Waals surface area contributed by atoms with E-state index in [-0.39, 0.29) is 5.11 Å². The predicted molar refractivity (Wildman–Crippen MR) is 144 cm³/mol. The second-order valence-electron chi connectivity index (χ2n) is 8.26. The summed E-state index contributed by atoms with van der Waals surface area (Å²) in [6.45, 7) is 5.90. The molecule has 2 N–H and O–H groups in total. The molecule has 0 spiro atoms. The summed E-state index contributed by atoms with van der Waals surface area (Å²) in [5.74, 6) is 0.914. The van der Waals surface area contributed by atoms with Gasteiger partial charge < -0.3 is 14.5 Å². The van der Waals surface area contributed by atoms with Gasteiger partial charge in [0.25, 0.3) is 5.91 Å². The van der Waals surface area contributed by atoms with Gasteiger partial charge in [0.2, 0.25) is 5.89 Å². The predicted octanol–water partition coefficient (Wildman–Crippen LogP) is 7.21. The van der Waals surface area contributed by atoms with E-state index in [1.807, 2.05) is 12.1 Å². The second-order valence-corrected chi connectivity index (χ2v) is 9.51. The van der Waals surface area contributed by atoms with Crippen molar-refractivity contribution in [2.75, 3.05) is 5.32 Å². The molecule has 35 heavy (non-hydrogen) atoms. The van der Waals surface area contributed by atoms with E-state index in [4.69, 9.17) is 44.6 Å². The Morgan fingerprint density at radius 2 is 1.77 bits per heavy atom. The molecule has 1 atom stereocenters. The van der Waals surface area contributed by atoms with Gasteiger partial charge in [-0.1, -0.05) is 49.2 Å². The van der Waals surface area contributed by atoms with Crippen molar-refractivity contribution in [3.05, 3.63) is 76.3 Å². The molecule has 0 fully saturated rings. The lowest BCUT2D eigenvalue weighted by atomic mass is 10.0. The maximum absolute atomic E-state index is 12.5. The Bertz CT molecular complexity index is 1390. The average Bonchev–Trinajstić information content (AvgIpc) is 3.24. The molecular formula is C26H23Cl2N3O3S. The summed E-state index contributed by atoms with van der Waals surface area (Å²) in [5.41, 5.74) is 4.13. The zero-order chi connectivity index (χ0) is 25.1. The van der Waals surface area contributed by atoms with E-state index < -0.39 is 12.0 Å². The van der Waals surface area contributed by atoms with Crippen LogP contribution in [0, 0.1) is 0 Å². The van der Waals surface area contributed by atoms with E-state index in [0.717, 1.165) is 5.56 Å². The molecule has 0 bridgehead atoms. The van der Waals surface area contributed by atoms with Crippen LogP contribution in [0.3, 0.4) is 0 Å². The number of halogens is 2. The normalized spacial score (nSPS) is 11.9. The van der Waals surface area contributed by atoms with Crippen molar-refractivity contribution >= 4 is 63.2 Å². The minimum Gasteiger partial charge on any atom is -0.479 e. The Morgan fingerprint density at radius 3 is 2.46 bits per heavy atom. The third-order valence-electron chi connectivity index (χ3n) is 5.27. The Hall–Kier alpha value is -3.13. The zero-order valence-corrected chi connectivity index (χ0v) is 21.6. The molecule has 4 aromatic rings. The SMILES string of the molecule is CC(Oc1ccc(Cl)cc1Cl)C(=O)NC(=S)Nc1ccc2oc(-c3ccc(C(C)C)cc3)nc2c1. The van der Waals surface area contributed by atoms with Crippen LogP contribution >= 0.6 is 35.4 Å². The zero-order valence-electron chi connectivity index (χ0n) is 19.3. The number of nitrogens with zero attached hydrogens (tertiary/aromatic N) is 1. The van der Waals surface area contributed by atoms with E-state index in [0.29, 0.717) is 44.4 Å². The molecule has 1 aromatic heterocycles. The van der Waals surface area contributed by atoms with Crippen LogP contribution in [0.4, 0.5) is 5.69 Å². The van der Waals surface area contributed by atoms with E-state index in [2.05, 4.69) is 41.6 Å². The summed E-state index contributed by atoms with van der Waals surface area (Å²) in [4.78, 5) is 17.1. The minimum absolute atomic E-state index is 0.125. The molecule has 0 radical (unpaired) electrons. The summed E-state index contributed by atoms with van der Waals surface area (Å²) in [5, 5.41) is 6.52. The van der Waals surface area contributed by atoms with Crippen molar-refractivity contribution in [3.8, 4) is 17.2 Å². The fraction of sp³-hybridized carbons (Fsp3) is 0.192. The highest BCUT2D eigenvalue weighted by atomic mass is 35.5. The lowest BCUT2D eigenvalue weighted by molar-refractivity contribution is -0.125. The molecule has 6 nitrogen and oxygen atoms in total. The molecule has 4 rings (SSSR count). The Balaban J connectivity index is 1.39. The number of thiocarbonyl (C=S) groups is 1. The largest absolute Gasteiger partial charge is 0.479 e. The van der Waals surface area contributed by atoms with Gasteiger partial charge in [0.05, 0.1) is 5.02 Å². The summed E-state index contributed by atoms with van der Waals surface area (Å²) in [7, 11) is 0. The molecule has 9 heteroatoms. The van der Waals surface area contributed by atoms with Gasteiger partial charge in [-0.25, -0.2) is 4.98 Å². The number of hydrogen-bond acceptors (Lipinski definition) is 5. The quantitative estimate of drug-likeness (QED) is 0.258. The number of rotatable bonds is 6. The smallest absolute Gasteiger partial charge is 0.266 e. The molecule has 0 aliphatic heterocycles. The number of amides is 1. The van der Waals surface area contributed by atoms with E-state index >= 15 is 0 Å². The monoisotopic (exact) mass is 527 g/mol. The molecule has 1 heterocycles. The molecule has 0 saturated carbocycles. The van der Waals surface area contributed by atoms with Crippen molar-refractivity contribution in [1.82, 2.24) is 10.3 Å². The number of fused-ring (bicyclic) bond motifs is 1. The van der Waals surface area contributed by atoms with Gasteiger partial charge in [-0.15, -0.1) is 0 Å². The number of benzene rings is 3. The van der Waals surface area contributed by atoms with Crippen LogP contribution in [-0.4, -0.2) is 22.1 Å². The molecular weight excluding hydrogens is 505 g/mol. The standard InChI is InChI=1S/C26H23Cl2N3O3S/c1-14(2)16-4-6-17(7-5-16)25-30-21-13-19(9-11-23(21)34-25)29-26(35)31-24(32)15(3)33-22-10-8-18(27)12-20(22)28/h4-15H,1-3H3,(H2,29,31,32,35). The van der Waals surface area contributed by atoms with E-state index in [1.165, 1.54) is 5.56 Å². The van der Waals surface area contributed by atoms with Crippen LogP contribution in [-0.2, 0) is 4.79 Å². The van der Waals surface area contributed by atoms with Gasteiger partial charge in [-0.05, 0) is 79.2 Å². The number of nitrogens with one attached hydrogen (secondary N) is 2. The van der Waals surface area contributed by atoms with Gasteiger partial charge in [-0.3, -0.25) is 10.1 Å². The number of oxazole rings is 1. The summed E-state index contributed by atoms with van der Waals surface area (Å²) in [6, 6.07) is 18.3. The number of ether oxygens (including phenoxy) is 1. The molecule has 0 aliphatic carbocycles. The van der Waals surface area contributed by atoms with Gasteiger partial charge in [0, 0.05) is 16.3 Å². The summed E-state index contributed by atoms with van der Waals surface area (Å²) < 4.78 is 11.5. The number of hydrogen-bond donors (Lipinski definition) is 2. The van der Waals surface area contributed by atoms with E-state index in [1.54, 1.807) is 43.3 Å². The highest BCUT2D eigenvalue weighted by Gasteiger charge is 2.18. The van der Waals surface area contributed by atoms with Crippen LogP contribution in [0.1, 0.15) is 32.3 Å². The van der Waals surface area contributed by atoms with Crippen LogP contribution < -0.4 is 15.4 Å². The van der Waals surface area contributed by atoms with Crippen LogP contribution in [0.5, 0.6) is 5.75 Å². The van der Waals surface area contributed by atoms with Crippen LogP contribution in [0.2, 0.25) is 10.0 Å². The van der Waals surface area contributed by atoms with Gasteiger partial charge in [0.1, 0.15) is 11.3 Å². The summed E-state index contributed by atoms with van der Waals surface area (Å²) in [6.07, 6.45) is -0.837. The molecule has 1 unspecified atom stereocenters. The lowest BCUT2D eigenvalue weighted by Gasteiger charge is -2.16. The Kier molecular flexibility index (Phi) is 7.60. The summed E-state index contributed by atoms with van der Waals surface area (Å²) >= 11 is 17.3. The van der Waals surface area contributed by atoms with Crippen molar-refractivity contribution in [2.45, 2.75) is 32.8 Å². The highest BCUT2D eigenvalue weighted by molar-refractivity contribution is 7.80. The molecule has 0 saturated heterocycles. The van der Waals surface area contributed by atoms with Crippen LogP contribution in [0.25, 0.3) is 22.6 Å². The number of carbonyl (C=O) groups excluding carboxylic acids is 1. The lowest BCUT2D eigenvalue weighted by Crippen LogP contribution is -2.42. The van der Waals surface area contributed by atoms with Crippen molar-refractivity contribution in [3.63, 3.8) is 0 Å². The average molecular weight is 528 g/mol. The van der Waals surface area contributed by atoms with Crippen molar-refractivity contribution in [1.29, 1.82) is 0 Å². The molecule has 180 valence electrons. The third kappa shape index (κ3) is 6.11. The Labute approximate surface area is 218 Å². The number of carbonyl (C=O) groups is 1. The first kappa shape index (κ1) is 25.0. The fourth-order valence-electron chi connectivity index (χ4n) is 3.33. The maximum atomic E-state index is 12.5. The first-order valence-electron chi connectivity index (χ1n) is 10.9. The maximum Gasteiger partial charge on any atom is 0.266 e. The van der Waals surface area contributed by atoms with Gasteiger partial charge in [0.15, 0.2) is 16.8 Å². The second kappa shape index (κ2) is 10.6. The molecule has 1 amide bonds. The topological polar surface area (TPSA) is 76.4 Å². The number of anilines is 1. The fourth-order valence-corrected chi connectivity index (χ4v) is 4.00. The van der Waals surface area contributed by atoms with Gasteiger partial charge in [-0.2, -0.15) is 0 Å². The van der Waals surface area contributed by atoms with Crippen molar-refractivity contribution in [2.24, 2.45) is 0 Å². The highest BCUT2D eigenvalue weighted by Crippen LogP contribution is 2.29. The van der Waals surface area contributed by atoms with Crippen LogP contribution in [0.15, 0.2) is 65.1 Å². The first-order chi connectivity index (χ1) is 16.7.